The molecular formula is C11H19NO3S. The second-order valence-electron chi connectivity index (χ2n) is 4.09. The minimum absolute atomic E-state index is 0.179. The van der Waals surface area contributed by atoms with Crippen molar-refractivity contribution in [2.24, 2.45) is 5.92 Å². The van der Waals surface area contributed by atoms with Gasteiger partial charge in [0.15, 0.2) is 0 Å². The van der Waals surface area contributed by atoms with E-state index in [0.29, 0.717) is 32.4 Å². The van der Waals surface area contributed by atoms with Gasteiger partial charge in [-0.2, -0.15) is 11.8 Å². The summed E-state index contributed by atoms with van der Waals surface area (Å²) >= 11 is 1.75. The summed E-state index contributed by atoms with van der Waals surface area (Å²) in [5.41, 5.74) is 0. The lowest BCUT2D eigenvalue weighted by atomic mass is 9.97. The van der Waals surface area contributed by atoms with Gasteiger partial charge in [-0.3, -0.25) is 9.59 Å². The summed E-state index contributed by atoms with van der Waals surface area (Å²) in [6.45, 7) is 1.21. The number of hydrogen-bond acceptors (Lipinski definition) is 3. The molecule has 1 N–H and O–H groups in total. The monoisotopic (exact) mass is 245 g/mol. The summed E-state index contributed by atoms with van der Waals surface area (Å²) in [6.07, 6.45) is 4.74. The zero-order valence-electron chi connectivity index (χ0n) is 9.65. The standard InChI is InChI=1S/C11H19NO3S/c1-16-8-2-3-10(13)12-6-4-9(5-7-12)11(14)15/h9H,2-8H2,1H3,(H,14,15). The van der Waals surface area contributed by atoms with E-state index in [0.717, 1.165) is 12.2 Å². The highest BCUT2D eigenvalue weighted by Crippen LogP contribution is 2.18. The molecule has 1 heterocycles. The van der Waals surface area contributed by atoms with Crippen LogP contribution in [0, 0.1) is 5.92 Å². The van der Waals surface area contributed by atoms with Crippen LogP contribution < -0.4 is 0 Å². The lowest BCUT2D eigenvalue weighted by Crippen LogP contribution is -2.40. The summed E-state index contributed by atoms with van der Waals surface area (Å²) in [5.74, 6) is 0.208. The molecule has 1 rings (SSSR count). The predicted octanol–water partition coefficient (Wildman–Crippen LogP) is 1.45. The molecule has 92 valence electrons. The summed E-state index contributed by atoms with van der Waals surface area (Å²) in [6, 6.07) is 0. The maximum absolute atomic E-state index is 11.7. The van der Waals surface area contributed by atoms with Crippen molar-refractivity contribution in [1.82, 2.24) is 4.90 Å². The van der Waals surface area contributed by atoms with E-state index in [1.807, 2.05) is 6.26 Å². The van der Waals surface area contributed by atoms with Crippen molar-refractivity contribution in [2.75, 3.05) is 25.1 Å². The maximum Gasteiger partial charge on any atom is 0.306 e. The number of amides is 1. The van der Waals surface area contributed by atoms with Crippen LogP contribution in [0.15, 0.2) is 0 Å². The molecule has 0 bridgehead atoms. The number of likely N-dealkylation sites (tertiary alicyclic amines) is 1. The number of aliphatic carboxylic acids is 1. The van der Waals surface area contributed by atoms with Crippen LogP contribution >= 0.6 is 11.8 Å². The smallest absolute Gasteiger partial charge is 0.306 e. The van der Waals surface area contributed by atoms with Gasteiger partial charge in [-0.15, -0.1) is 0 Å². The first kappa shape index (κ1) is 13.4. The highest BCUT2D eigenvalue weighted by molar-refractivity contribution is 7.98. The highest BCUT2D eigenvalue weighted by Gasteiger charge is 2.26. The highest BCUT2D eigenvalue weighted by atomic mass is 32.2. The molecule has 5 heteroatoms. The van der Waals surface area contributed by atoms with Crippen molar-refractivity contribution in [3.63, 3.8) is 0 Å². The molecule has 0 aromatic heterocycles. The van der Waals surface area contributed by atoms with E-state index in [1.165, 1.54) is 0 Å². The molecule has 0 radical (unpaired) electrons. The van der Waals surface area contributed by atoms with Gasteiger partial charge in [-0.1, -0.05) is 0 Å². The number of hydrogen-bond donors (Lipinski definition) is 1. The number of carbonyl (C=O) groups is 2. The number of carbonyl (C=O) groups excluding carboxylic acids is 1. The number of carboxylic acid groups (broad SMARTS) is 1. The summed E-state index contributed by atoms with van der Waals surface area (Å²) < 4.78 is 0. The van der Waals surface area contributed by atoms with Crippen molar-refractivity contribution in [2.45, 2.75) is 25.7 Å². The molecule has 0 spiro atoms. The molecule has 0 saturated carbocycles. The van der Waals surface area contributed by atoms with Crippen LogP contribution in [0.2, 0.25) is 0 Å². The van der Waals surface area contributed by atoms with E-state index < -0.39 is 5.97 Å². The molecular weight excluding hydrogens is 226 g/mol. The van der Waals surface area contributed by atoms with Gasteiger partial charge < -0.3 is 10.0 Å². The molecule has 0 atom stereocenters. The minimum atomic E-state index is -0.727. The Balaban J connectivity index is 2.25. The SMILES string of the molecule is CSCCCC(=O)N1CCC(C(=O)O)CC1. The Kier molecular flexibility index (Phi) is 5.66. The molecule has 0 unspecified atom stereocenters. The van der Waals surface area contributed by atoms with Crippen LogP contribution in [0.25, 0.3) is 0 Å². The first-order valence-corrected chi connectivity index (χ1v) is 7.04. The molecule has 1 aliphatic rings. The Bertz CT molecular complexity index is 250. The molecule has 4 nitrogen and oxygen atoms in total. The average molecular weight is 245 g/mol. The van der Waals surface area contributed by atoms with Crippen LogP contribution in [-0.4, -0.2) is 47.0 Å². The molecule has 1 amide bonds. The molecule has 1 saturated heterocycles. The van der Waals surface area contributed by atoms with E-state index in [1.54, 1.807) is 16.7 Å². The summed E-state index contributed by atoms with van der Waals surface area (Å²) in [4.78, 5) is 24.3. The third-order valence-corrected chi connectivity index (χ3v) is 3.63. The van der Waals surface area contributed by atoms with Gasteiger partial charge in [0.2, 0.25) is 5.91 Å². The number of nitrogens with zero attached hydrogens (tertiary/aromatic N) is 1. The topological polar surface area (TPSA) is 57.6 Å². The maximum atomic E-state index is 11.7. The fourth-order valence-corrected chi connectivity index (χ4v) is 2.33. The minimum Gasteiger partial charge on any atom is -0.481 e. The summed E-state index contributed by atoms with van der Waals surface area (Å²) in [5, 5.41) is 8.83. The van der Waals surface area contributed by atoms with Crippen molar-refractivity contribution in [3.05, 3.63) is 0 Å². The quantitative estimate of drug-likeness (QED) is 0.745. The zero-order valence-corrected chi connectivity index (χ0v) is 10.5. The molecule has 1 aliphatic heterocycles. The first-order chi connectivity index (χ1) is 7.65. The fourth-order valence-electron chi connectivity index (χ4n) is 1.90. The van der Waals surface area contributed by atoms with E-state index >= 15 is 0 Å². The van der Waals surface area contributed by atoms with Crippen LogP contribution in [0.5, 0.6) is 0 Å². The molecule has 0 aromatic rings. The van der Waals surface area contributed by atoms with Crippen LogP contribution in [0.1, 0.15) is 25.7 Å². The van der Waals surface area contributed by atoms with E-state index in [4.69, 9.17) is 5.11 Å². The number of thioether (sulfide) groups is 1. The number of piperidine rings is 1. The molecule has 0 aromatic carbocycles. The normalized spacial score (nSPS) is 17.4. The van der Waals surface area contributed by atoms with Crippen molar-refractivity contribution in [3.8, 4) is 0 Å². The van der Waals surface area contributed by atoms with E-state index in [-0.39, 0.29) is 11.8 Å². The Morgan fingerprint density at radius 1 is 1.38 bits per heavy atom. The van der Waals surface area contributed by atoms with Crippen LogP contribution in [0.4, 0.5) is 0 Å². The largest absolute Gasteiger partial charge is 0.481 e. The Labute approximate surface area is 100 Å². The number of rotatable bonds is 5. The zero-order chi connectivity index (χ0) is 12.0. The van der Waals surface area contributed by atoms with Gasteiger partial charge in [0.05, 0.1) is 5.92 Å². The van der Waals surface area contributed by atoms with Crippen molar-refractivity contribution < 1.29 is 14.7 Å². The van der Waals surface area contributed by atoms with E-state index in [9.17, 15) is 9.59 Å². The lowest BCUT2D eigenvalue weighted by Gasteiger charge is -2.30. The second kappa shape index (κ2) is 6.78. The van der Waals surface area contributed by atoms with Gasteiger partial charge in [0.1, 0.15) is 0 Å². The van der Waals surface area contributed by atoms with E-state index in [2.05, 4.69) is 0 Å². The Morgan fingerprint density at radius 3 is 2.50 bits per heavy atom. The first-order valence-electron chi connectivity index (χ1n) is 5.64. The van der Waals surface area contributed by atoms with Gasteiger partial charge >= 0.3 is 5.97 Å². The third kappa shape index (κ3) is 4.04. The van der Waals surface area contributed by atoms with Gasteiger partial charge in [-0.25, -0.2) is 0 Å². The van der Waals surface area contributed by atoms with Gasteiger partial charge in [0, 0.05) is 19.5 Å². The van der Waals surface area contributed by atoms with Gasteiger partial charge in [-0.05, 0) is 31.3 Å². The Hall–Kier alpha value is -0.710. The van der Waals surface area contributed by atoms with Crippen molar-refractivity contribution >= 4 is 23.6 Å². The molecule has 1 fully saturated rings. The lowest BCUT2D eigenvalue weighted by molar-refractivity contribution is -0.145. The summed E-state index contributed by atoms with van der Waals surface area (Å²) in [7, 11) is 0. The molecule has 16 heavy (non-hydrogen) atoms. The van der Waals surface area contributed by atoms with Crippen molar-refractivity contribution in [1.29, 1.82) is 0 Å². The Morgan fingerprint density at radius 2 is 2.00 bits per heavy atom. The van der Waals surface area contributed by atoms with Crippen LogP contribution in [0.3, 0.4) is 0 Å². The fraction of sp³-hybridized carbons (Fsp3) is 0.818. The number of carboxylic acids is 1. The van der Waals surface area contributed by atoms with Gasteiger partial charge in [0.25, 0.3) is 0 Å². The second-order valence-corrected chi connectivity index (χ2v) is 5.08. The van der Waals surface area contributed by atoms with Crippen LogP contribution in [-0.2, 0) is 9.59 Å². The predicted molar refractivity (Wildman–Crippen MR) is 64.6 cm³/mol. The molecule has 0 aliphatic carbocycles. The average Bonchev–Trinajstić information content (AvgIpc) is 2.29. The third-order valence-electron chi connectivity index (χ3n) is 2.94.